The van der Waals surface area contributed by atoms with Crippen LogP contribution in [0.3, 0.4) is 0 Å². The number of hydrogen-bond acceptors (Lipinski definition) is 2. The quantitative estimate of drug-likeness (QED) is 0.724. The van der Waals surface area contributed by atoms with Gasteiger partial charge in [0, 0.05) is 5.56 Å². The molecule has 0 heterocycles. The zero-order valence-corrected chi connectivity index (χ0v) is 9.09. The highest BCUT2D eigenvalue weighted by atomic mass is 19.1. The van der Waals surface area contributed by atoms with Crippen molar-refractivity contribution < 1.29 is 18.3 Å². The highest BCUT2D eigenvalue weighted by molar-refractivity contribution is 5.87. The van der Waals surface area contributed by atoms with Crippen molar-refractivity contribution in [1.82, 2.24) is 0 Å². The molecule has 2 rings (SSSR count). The summed E-state index contributed by atoms with van der Waals surface area (Å²) in [5.74, 6) is -1.62. The van der Waals surface area contributed by atoms with Gasteiger partial charge in [-0.1, -0.05) is 6.92 Å². The van der Waals surface area contributed by atoms with E-state index in [0.29, 0.717) is 6.42 Å². The molecule has 2 atom stereocenters. The second-order valence-electron chi connectivity index (χ2n) is 4.19. The van der Waals surface area contributed by atoms with Crippen molar-refractivity contribution in [3.63, 3.8) is 0 Å². The number of carbonyl (C=O) groups excluding carboxylic acids is 1. The number of halogens is 2. The van der Waals surface area contributed by atoms with E-state index in [1.165, 1.54) is 7.11 Å². The molecular weight excluding hydrogens is 214 g/mol. The number of benzene rings is 1. The second kappa shape index (κ2) is 3.54. The molecule has 0 saturated heterocycles. The maximum Gasteiger partial charge on any atom is 0.316 e. The molecule has 16 heavy (non-hydrogen) atoms. The molecule has 0 aromatic heterocycles. The van der Waals surface area contributed by atoms with Crippen LogP contribution in [0.15, 0.2) is 18.2 Å². The van der Waals surface area contributed by atoms with Crippen LogP contribution < -0.4 is 0 Å². The van der Waals surface area contributed by atoms with Crippen molar-refractivity contribution in [2.75, 3.05) is 7.11 Å². The first-order chi connectivity index (χ1) is 7.52. The summed E-state index contributed by atoms with van der Waals surface area (Å²) in [6.45, 7) is 1.82. The molecule has 86 valence electrons. The molecule has 0 spiro atoms. The van der Waals surface area contributed by atoms with Crippen molar-refractivity contribution in [2.24, 2.45) is 5.92 Å². The average Bonchev–Trinajstić information content (AvgIpc) is 2.94. The highest BCUT2D eigenvalue weighted by Gasteiger charge is 2.60. The normalized spacial score (nSPS) is 27.6. The van der Waals surface area contributed by atoms with E-state index in [0.717, 1.165) is 18.2 Å². The van der Waals surface area contributed by atoms with E-state index >= 15 is 0 Å². The highest BCUT2D eigenvalue weighted by Crippen LogP contribution is 2.55. The lowest BCUT2D eigenvalue weighted by molar-refractivity contribution is -0.144. The molecule has 1 aromatic carbocycles. The molecule has 1 aliphatic rings. The van der Waals surface area contributed by atoms with Crippen LogP contribution in [0.5, 0.6) is 0 Å². The van der Waals surface area contributed by atoms with E-state index in [-0.39, 0.29) is 11.5 Å². The summed E-state index contributed by atoms with van der Waals surface area (Å²) >= 11 is 0. The maximum atomic E-state index is 13.6. The number of rotatable bonds is 2. The fourth-order valence-corrected chi connectivity index (χ4v) is 2.22. The Kier molecular flexibility index (Phi) is 2.45. The summed E-state index contributed by atoms with van der Waals surface area (Å²) in [7, 11) is 1.26. The lowest BCUT2D eigenvalue weighted by atomic mass is 9.93. The Morgan fingerprint density at radius 1 is 1.50 bits per heavy atom. The minimum atomic E-state index is -0.985. The molecule has 1 fully saturated rings. The number of carbonyl (C=O) groups is 1. The molecule has 0 bridgehead atoms. The van der Waals surface area contributed by atoms with Gasteiger partial charge in [0.1, 0.15) is 11.6 Å². The van der Waals surface area contributed by atoms with Crippen molar-refractivity contribution >= 4 is 5.97 Å². The molecule has 0 N–H and O–H groups in total. The van der Waals surface area contributed by atoms with Gasteiger partial charge >= 0.3 is 5.97 Å². The summed E-state index contributed by atoms with van der Waals surface area (Å²) in [5, 5.41) is 0. The van der Waals surface area contributed by atoms with Gasteiger partial charge in [0.05, 0.1) is 12.5 Å². The van der Waals surface area contributed by atoms with Crippen LogP contribution in [-0.4, -0.2) is 13.1 Å². The van der Waals surface area contributed by atoms with E-state index in [4.69, 9.17) is 0 Å². The van der Waals surface area contributed by atoms with Crippen molar-refractivity contribution in [3.8, 4) is 0 Å². The minimum absolute atomic E-state index is 0.0174. The van der Waals surface area contributed by atoms with Crippen LogP contribution in [0.25, 0.3) is 0 Å². The lowest BCUT2D eigenvalue weighted by Crippen LogP contribution is -2.25. The fourth-order valence-electron chi connectivity index (χ4n) is 2.22. The molecule has 0 aliphatic heterocycles. The van der Waals surface area contributed by atoms with Gasteiger partial charge in [0.2, 0.25) is 0 Å². The molecule has 1 aromatic rings. The van der Waals surface area contributed by atoms with E-state index in [2.05, 4.69) is 4.74 Å². The molecule has 1 aliphatic carbocycles. The topological polar surface area (TPSA) is 26.3 Å². The van der Waals surface area contributed by atoms with Gasteiger partial charge < -0.3 is 4.74 Å². The third-order valence-electron chi connectivity index (χ3n) is 3.27. The maximum absolute atomic E-state index is 13.6. The molecule has 1 saturated carbocycles. The predicted molar refractivity (Wildman–Crippen MR) is 53.8 cm³/mol. The summed E-state index contributed by atoms with van der Waals surface area (Å²) in [6.07, 6.45) is 0.500. The summed E-state index contributed by atoms with van der Waals surface area (Å²) < 4.78 is 31.4. The summed E-state index contributed by atoms with van der Waals surface area (Å²) in [6, 6.07) is 3.16. The molecule has 2 unspecified atom stereocenters. The number of esters is 1. The third kappa shape index (κ3) is 1.40. The lowest BCUT2D eigenvalue weighted by Gasteiger charge is -2.15. The fraction of sp³-hybridized carbons (Fsp3) is 0.417. The SMILES string of the molecule is COC(=O)C1(c2cc(F)ccc2F)CC1C. The second-order valence-corrected chi connectivity index (χ2v) is 4.19. The Balaban J connectivity index is 2.50. The average molecular weight is 226 g/mol. The standard InChI is InChI=1S/C12H12F2O2/c1-7-6-12(7,11(15)16-2)9-5-8(13)3-4-10(9)14/h3-5,7H,6H2,1-2H3. The Hall–Kier alpha value is -1.45. The smallest absolute Gasteiger partial charge is 0.316 e. The van der Waals surface area contributed by atoms with Gasteiger partial charge in [0.25, 0.3) is 0 Å². The number of ether oxygens (including phenoxy) is 1. The zero-order chi connectivity index (χ0) is 11.9. The summed E-state index contributed by atoms with van der Waals surface area (Å²) in [4.78, 5) is 11.7. The molecule has 2 nitrogen and oxygen atoms in total. The Labute approximate surface area is 92.2 Å². The van der Waals surface area contributed by atoms with Crippen LogP contribution in [0.4, 0.5) is 8.78 Å². The van der Waals surface area contributed by atoms with Crippen LogP contribution in [0.1, 0.15) is 18.9 Å². The first kappa shape index (κ1) is 11.0. The third-order valence-corrected chi connectivity index (χ3v) is 3.27. The first-order valence-corrected chi connectivity index (χ1v) is 5.06. The van der Waals surface area contributed by atoms with Crippen molar-refractivity contribution in [3.05, 3.63) is 35.4 Å². The zero-order valence-electron chi connectivity index (χ0n) is 9.09. The molecule has 0 radical (unpaired) electrons. The predicted octanol–water partition coefficient (Wildman–Crippen LogP) is 2.42. The Morgan fingerprint density at radius 3 is 2.62 bits per heavy atom. The van der Waals surface area contributed by atoms with Crippen LogP contribution in [0.2, 0.25) is 0 Å². The van der Waals surface area contributed by atoms with Crippen LogP contribution in [-0.2, 0) is 14.9 Å². The van der Waals surface area contributed by atoms with Gasteiger partial charge in [0.15, 0.2) is 0 Å². The van der Waals surface area contributed by atoms with Gasteiger partial charge in [-0.25, -0.2) is 8.78 Å². The van der Waals surface area contributed by atoms with Crippen molar-refractivity contribution in [2.45, 2.75) is 18.8 Å². The first-order valence-electron chi connectivity index (χ1n) is 5.06. The van der Waals surface area contributed by atoms with E-state index < -0.39 is 23.0 Å². The van der Waals surface area contributed by atoms with Crippen LogP contribution in [0, 0.1) is 17.6 Å². The number of methoxy groups -OCH3 is 1. The van der Waals surface area contributed by atoms with E-state index in [1.54, 1.807) is 0 Å². The van der Waals surface area contributed by atoms with E-state index in [1.807, 2.05) is 6.92 Å². The Bertz CT molecular complexity index is 445. The van der Waals surface area contributed by atoms with Gasteiger partial charge in [-0.2, -0.15) is 0 Å². The van der Waals surface area contributed by atoms with Crippen LogP contribution >= 0.6 is 0 Å². The van der Waals surface area contributed by atoms with Gasteiger partial charge in [-0.3, -0.25) is 4.79 Å². The Morgan fingerprint density at radius 2 is 2.12 bits per heavy atom. The largest absolute Gasteiger partial charge is 0.468 e. The van der Waals surface area contributed by atoms with E-state index in [9.17, 15) is 13.6 Å². The molecular formula is C12H12F2O2. The van der Waals surface area contributed by atoms with Gasteiger partial charge in [-0.15, -0.1) is 0 Å². The minimum Gasteiger partial charge on any atom is -0.468 e. The van der Waals surface area contributed by atoms with Gasteiger partial charge in [-0.05, 0) is 30.5 Å². The molecule has 4 heteroatoms. The molecule has 0 amide bonds. The monoisotopic (exact) mass is 226 g/mol. The number of hydrogen-bond donors (Lipinski definition) is 0. The van der Waals surface area contributed by atoms with Crippen molar-refractivity contribution in [1.29, 1.82) is 0 Å². The summed E-state index contributed by atoms with van der Waals surface area (Å²) in [5.41, 5.74) is -0.882.